The van der Waals surface area contributed by atoms with Gasteiger partial charge in [0.25, 0.3) is 0 Å². The number of fused-ring (bicyclic) bond motifs is 1. The molecule has 5 rings (SSSR count). The number of benzene rings is 1. The molecule has 1 aliphatic rings. The quantitative estimate of drug-likeness (QED) is 0.574. The molecule has 0 spiro atoms. The minimum atomic E-state index is -0.247. The van der Waals surface area contributed by atoms with Crippen LogP contribution in [-0.2, 0) is 13.0 Å². The molecule has 1 aromatic carbocycles. The Labute approximate surface area is 161 Å². The molecule has 7 heteroatoms. The van der Waals surface area contributed by atoms with Crippen LogP contribution in [0.2, 0.25) is 0 Å². The molecule has 0 unspecified atom stereocenters. The monoisotopic (exact) mass is 374 g/mol. The van der Waals surface area contributed by atoms with E-state index in [0.717, 1.165) is 41.0 Å². The number of nitrogens with one attached hydrogen (secondary N) is 2. The van der Waals surface area contributed by atoms with Gasteiger partial charge in [-0.1, -0.05) is 6.07 Å². The van der Waals surface area contributed by atoms with Crippen molar-refractivity contribution in [1.29, 1.82) is 0 Å². The maximum Gasteiger partial charge on any atom is 0.123 e. The van der Waals surface area contributed by atoms with Crippen molar-refractivity contribution in [2.24, 2.45) is 0 Å². The highest BCUT2D eigenvalue weighted by atomic mass is 19.1. The minimum absolute atomic E-state index is 0.0275. The van der Waals surface area contributed by atoms with E-state index in [9.17, 15) is 4.39 Å². The number of halogens is 1. The van der Waals surface area contributed by atoms with Crippen LogP contribution in [0.25, 0.3) is 11.3 Å². The van der Waals surface area contributed by atoms with Gasteiger partial charge < -0.3 is 4.98 Å². The Balaban J connectivity index is 1.50. The third kappa shape index (κ3) is 2.99. The van der Waals surface area contributed by atoms with E-state index in [1.807, 2.05) is 18.5 Å². The fourth-order valence-corrected chi connectivity index (χ4v) is 3.92. The second-order valence-electron chi connectivity index (χ2n) is 6.95. The Morgan fingerprint density at radius 1 is 1.14 bits per heavy atom. The molecule has 3 aromatic heterocycles. The van der Waals surface area contributed by atoms with Crippen molar-refractivity contribution in [3.8, 4) is 11.3 Å². The number of imidazole rings is 1. The second-order valence-corrected chi connectivity index (χ2v) is 6.95. The molecule has 4 aromatic rings. The van der Waals surface area contributed by atoms with Crippen LogP contribution >= 0.6 is 0 Å². The first-order valence-corrected chi connectivity index (χ1v) is 9.24. The van der Waals surface area contributed by atoms with Crippen molar-refractivity contribution in [3.63, 3.8) is 0 Å². The average molecular weight is 374 g/mol. The molecule has 4 heterocycles. The number of aromatic amines is 2. The van der Waals surface area contributed by atoms with Crippen molar-refractivity contribution in [2.75, 3.05) is 6.54 Å². The van der Waals surface area contributed by atoms with Crippen molar-refractivity contribution in [3.05, 3.63) is 89.6 Å². The van der Waals surface area contributed by atoms with Gasteiger partial charge in [-0.3, -0.25) is 15.0 Å². The Kier molecular flexibility index (Phi) is 4.21. The van der Waals surface area contributed by atoms with Gasteiger partial charge in [0.1, 0.15) is 5.82 Å². The minimum Gasteiger partial charge on any atom is -0.348 e. The van der Waals surface area contributed by atoms with Crippen LogP contribution < -0.4 is 0 Å². The van der Waals surface area contributed by atoms with Gasteiger partial charge in [-0.2, -0.15) is 5.10 Å². The van der Waals surface area contributed by atoms with Crippen molar-refractivity contribution < 1.29 is 4.39 Å². The number of pyridine rings is 1. The molecule has 0 saturated carbocycles. The normalized spacial score (nSPS) is 16.8. The number of nitrogens with zero attached hydrogens (tertiary/aromatic N) is 4. The largest absolute Gasteiger partial charge is 0.348 e. The number of rotatable bonds is 4. The molecule has 0 aliphatic carbocycles. The molecule has 0 bridgehead atoms. The standard InChI is InChI=1S/C21H19FN6/c22-17-5-3-14(4-6-17)19-16(11-26-27-19)12-28-9-7-18-20(25-13-24-18)21(28)15-2-1-8-23-10-15/h1-6,8,10-11,13,21H,7,9,12H2,(H,24,25)(H,26,27)/t21-/m1/s1. The van der Waals surface area contributed by atoms with E-state index in [2.05, 4.69) is 36.1 Å². The summed E-state index contributed by atoms with van der Waals surface area (Å²) in [6.45, 7) is 1.60. The summed E-state index contributed by atoms with van der Waals surface area (Å²) >= 11 is 0. The Morgan fingerprint density at radius 3 is 2.86 bits per heavy atom. The highest BCUT2D eigenvalue weighted by molar-refractivity contribution is 5.62. The van der Waals surface area contributed by atoms with Gasteiger partial charge in [0.2, 0.25) is 0 Å². The topological polar surface area (TPSA) is 73.5 Å². The van der Waals surface area contributed by atoms with Gasteiger partial charge in [-0.25, -0.2) is 9.37 Å². The predicted octanol–water partition coefficient (Wildman–Crippen LogP) is 3.48. The lowest BCUT2D eigenvalue weighted by Crippen LogP contribution is -2.36. The van der Waals surface area contributed by atoms with Gasteiger partial charge in [-0.05, 0) is 35.9 Å². The van der Waals surface area contributed by atoms with Gasteiger partial charge in [-0.15, -0.1) is 0 Å². The Hall–Kier alpha value is -3.32. The lowest BCUT2D eigenvalue weighted by atomic mass is 9.96. The Bertz CT molecular complexity index is 1070. The molecular formula is C21H19FN6. The van der Waals surface area contributed by atoms with Crippen LogP contribution in [0.3, 0.4) is 0 Å². The molecule has 0 radical (unpaired) electrons. The van der Waals surface area contributed by atoms with Gasteiger partial charge in [0, 0.05) is 48.7 Å². The fourth-order valence-electron chi connectivity index (χ4n) is 3.92. The van der Waals surface area contributed by atoms with E-state index < -0.39 is 0 Å². The molecule has 1 atom stereocenters. The highest BCUT2D eigenvalue weighted by Crippen LogP contribution is 2.35. The van der Waals surface area contributed by atoms with E-state index in [1.54, 1.807) is 24.7 Å². The molecule has 0 amide bonds. The van der Waals surface area contributed by atoms with E-state index >= 15 is 0 Å². The van der Waals surface area contributed by atoms with Crippen LogP contribution in [-0.4, -0.2) is 36.6 Å². The van der Waals surface area contributed by atoms with E-state index in [-0.39, 0.29) is 11.9 Å². The summed E-state index contributed by atoms with van der Waals surface area (Å²) < 4.78 is 13.3. The number of hydrogen-bond donors (Lipinski definition) is 2. The maximum absolute atomic E-state index is 13.3. The van der Waals surface area contributed by atoms with Crippen LogP contribution in [0.5, 0.6) is 0 Å². The van der Waals surface area contributed by atoms with Gasteiger partial charge in [0.15, 0.2) is 0 Å². The lowest BCUT2D eigenvalue weighted by Gasteiger charge is -2.35. The zero-order valence-corrected chi connectivity index (χ0v) is 15.1. The van der Waals surface area contributed by atoms with Crippen LogP contribution in [0, 0.1) is 5.82 Å². The van der Waals surface area contributed by atoms with Crippen molar-refractivity contribution in [2.45, 2.75) is 19.0 Å². The fraction of sp³-hybridized carbons (Fsp3) is 0.190. The molecular weight excluding hydrogens is 355 g/mol. The molecule has 2 N–H and O–H groups in total. The van der Waals surface area contributed by atoms with Crippen LogP contribution in [0.1, 0.15) is 28.6 Å². The van der Waals surface area contributed by atoms with E-state index in [4.69, 9.17) is 0 Å². The van der Waals surface area contributed by atoms with Crippen LogP contribution in [0.15, 0.2) is 61.3 Å². The van der Waals surface area contributed by atoms with Crippen molar-refractivity contribution >= 4 is 0 Å². The Morgan fingerprint density at radius 2 is 2.04 bits per heavy atom. The number of H-pyrrole nitrogens is 2. The summed E-state index contributed by atoms with van der Waals surface area (Å²) in [4.78, 5) is 14.6. The highest BCUT2D eigenvalue weighted by Gasteiger charge is 2.31. The average Bonchev–Trinajstić information content (AvgIpc) is 3.38. The molecule has 0 fully saturated rings. The van der Waals surface area contributed by atoms with Crippen LogP contribution in [0.4, 0.5) is 4.39 Å². The van der Waals surface area contributed by atoms with E-state index in [1.165, 1.54) is 17.8 Å². The summed E-state index contributed by atoms with van der Waals surface area (Å²) in [6.07, 6.45) is 8.21. The molecule has 140 valence electrons. The first-order valence-electron chi connectivity index (χ1n) is 9.24. The van der Waals surface area contributed by atoms with E-state index in [0.29, 0.717) is 6.54 Å². The zero-order chi connectivity index (χ0) is 18.9. The van der Waals surface area contributed by atoms with Gasteiger partial charge >= 0.3 is 0 Å². The lowest BCUT2D eigenvalue weighted by molar-refractivity contribution is 0.200. The first kappa shape index (κ1) is 16.8. The summed E-state index contributed by atoms with van der Waals surface area (Å²) in [5, 5.41) is 7.31. The van der Waals surface area contributed by atoms with Crippen molar-refractivity contribution in [1.82, 2.24) is 30.0 Å². The summed E-state index contributed by atoms with van der Waals surface area (Å²) in [6, 6.07) is 10.5. The third-order valence-corrected chi connectivity index (χ3v) is 5.25. The molecule has 6 nitrogen and oxygen atoms in total. The number of aromatic nitrogens is 5. The summed E-state index contributed by atoms with van der Waals surface area (Å²) in [5.74, 6) is -0.247. The maximum atomic E-state index is 13.3. The SMILES string of the molecule is Fc1ccc(-c2[nH]ncc2CN2CCc3[nH]cnc3[C@H]2c2cccnc2)cc1. The molecule has 1 aliphatic heterocycles. The smallest absolute Gasteiger partial charge is 0.123 e. The van der Waals surface area contributed by atoms with Gasteiger partial charge in [0.05, 0.1) is 30.0 Å². The first-order chi connectivity index (χ1) is 13.8. The third-order valence-electron chi connectivity index (χ3n) is 5.25. The zero-order valence-electron chi connectivity index (χ0n) is 15.1. The number of hydrogen-bond acceptors (Lipinski definition) is 4. The molecule has 0 saturated heterocycles. The molecule has 28 heavy (non-hydrogen) atoms. The summed E-state index contributed by atoms with van der Waals surface area (Å²) in [7, 11) is 0. The predicted molar refractivity (Wildman–Crippen MR) is 103 cm³/mol. The second kappa shape index (κ2) is 7.01. The summed E-state index contributed by atoms with van der Waals surface area (Å²) in [5.41, 5.74) is 6.24.